The van der Waals surface area contributed by atoms with Gasteiger partial charge in [0, 0.05) is 24.5 Å². The quantitative estimate of drug-likeness (QED) is 0.725. The van der Waals surface area contributed by atoms with E-state index in [1.54, 1.807) is 18.6 Å². The monoisotopic (exact) mass is 240 g/mol. The Morgan fingerprint density at radius 1 is 1.39 bits per heavy atom. The van der Waals surface area contributed by atoms with Gasteiger partial charge in [-0.15, -0.1) is 0 Å². The van der Waals surface area contributed by atoms with E-state index >= 15 is 0 Å². The molecule has 0 radical (unpaired) electrons. The summed E-state index contributed by atoms with van der Waals surface area (Å²) in [6.07, 6.45) is 7.18. The maximum atomic E-state index is 5.62. The standard InChI is InChI=1S/C15H16N2O/c1-3-10-18-15-7-5-4-6-14(15)13(2)11-17-9-8-16-12-17/h3-9,12H,1-2,10-11H2. The molecule has 0 atom stereocenters. The molecule has 3 nitrogen and oxygen atoms in total. The number of hydrogen-bond acceptors (Lipinski definition) is 2. The summed E-state index contributed by atoms with van der Waals surface area (Å²) in [6.45, 7) is 8.96. The van der Waals surface area contributed by atoms with Crippen molar-refractivity contribution in [3.05, 3.63) is 67.8 Å². The lowest BCUT2D eigenvalue weighted by Gasteiger charge is -2.12. The highest BCUT2D eigenvalue weighted by Gasteiger charge is 2.06. The molecule has 2 rings (SSSR count). The average Bonchev–Trinajstić information content (AvgIpc) is 2.89. The summed E-state index contributed by atoms with van der Waals surface area (Å²) in [6, 6.07) is 7.89. The Bertz CT molecular complexity index is 529. The number of aromatic nitrogens is 2. The van der Waals surface area contributed by atoms with Crippen molar-refractivity contribution < 1.29 is 4.74 Å². The zero-order valence-electron chi connectivity index (χ0n) is 10.2. The Labute approximate surface area is 107 Å². The van der Waals surface area contributed by atoms with Crippen molar-refractivity contribution in [3.63, 3.8) is 0 Å². The summed E-state index contributed by atoms with van der Waals surface area (Å²) in [4.78, 5) is 4.02. The first kappa shape index (κ1) is 12.2. The first-order chi connectivity index (χ1) is 8.81. The predicted octanol–water partition coefficient (Wildman–Crippen LogP) is 3.16. The molecule has 0 aliphatic heterocycles. The van der Waals surface area contributed by atoms with Gasteiger partial charge in [0.05, 0.1) is 6.33 Å². The van der Waals surface area contributed by atoms with Gasteiger partial charge in [-0.1, -0.05) is 37.4 Å². The minimum atomic E-state index is 0.495. The third kappa shape index (κ3) is 2.88. The average molecular weight is 240 g/mol. The fourth-order valence-electron chi connectivity index (χ4n) is 1.72. The highest BCUT2D eigenvalue weighted by molar-refractivity contribution is 5.68. The maximum Gasteiger partial charge on any atom is 0.127 e. The molecule has 3 heteroatoms. The molecule has 0 saturated heterocycles. The van der Waals surface area contributed by atoms with E-state index in [0.717, 1.165) is 16.9 Å². The van der Waals surface area contributed by atoms with E-state index in [4.69, 9.17) is 4.74 Å². The van der Waals surface area contributed by atoms with Crippen molar-refractivity contribution in [1.82, 2.24) is 9.55 Å². The van der Waals surface area contributed by atoms with E-state index in [9.17, 15) is 0 Å². The Hall–Kier alpha value is -2.29. The van der Waals surface area contributed by atoms with Crippen molar-refractivity contribution in [3.8, 4) is 5.75 Å². The van der Waals surface area contributed by atoms with Gasteiger partial charge in [0.2, 0.25) is 0 Å². The lowest BCUT2D eigenvalue weighted by molar-refractivity contribution is 0.362. The van der Waals surface area contributed by atoms with Crippen LogP contribution in [0.3, 0.4) is 0 Å². The molecule has 0 aliphatic carbocycles. The third-order valence-corrected chi connectivity index (χ3v) is 2.56. The molecule has 0 spiro atoms. The Morgan fingerprint density at radius 3 is 2.94 bits per heavy atom. The van der Waals surface area contributed by atoms with Gasteiger partial charge in [0.15, 0.2) is 0 Å². The maximum absolute atomic E-state index is 5.62. The minimum Gasteiger partial charge on any atom is -0.489 e. The smallest absolute Gasteiger partial charge is 0.127 e. The summed E-state index contributed by atoms with van der Waals surface area (Å²) in [7, 11) is 0. The van der Waals surface area contributed by atoms with E-state index in [1.165, 1.54) is 0 Å². The highest BCUT2D eigenvalue weighted by atomic mass is 16.5. The van der Waals surface area contributed by atoms with Gasteiger partial charge in [-0.05, 0) is 11.6 Å². The van der Waals surface area contributed by atoms with Crippen LogP contribution in [0.25, 0.3) is 5.57 Å². The van der Waals surface area contributed by atoms with Crippen LogP contribution in [0.4, 0.5) is 0 Å². The molecule has 1 aromatic carbocycles. The van der Waals surface area contributed by atoms with E-state index < -0.39 is 0 Å². The fraction of sp³-hybridized carbons (Fsp3) is 0.133. The molecule has 2 aromatic rings. The number of imidazole rings is 1. The second kappa shape index (κ2) is 5.87. The number of ether oxygens (including phenoxy) is 1. The molecule has 0 bridgehead atoms. The van der Waals surface area contributed by atoms with Crippen LogP contribution < -0.4 is 4.74 Å². The molecule has 0 N–H and O–H groups in total. The van der Waals surface area contributed by atoms with Crippen LogP contribution >= 0.6 is 0 Å². The Balaban J connectivity index is 2.16. The van der Waals surface area contributed by atoms with Crippen LogP contribution in [-0.2, 0) is 6.54 Å². The topological polar surface area (TPSA) is 27.1 Å². The Morgan fingerprint density at radius 2 is 2.22 bits per heavy atom. The third-order valence-electron chi connectivity index (χ3n) is 2.56. The number of rotatable bonds is 6. The number of para-hydroxylation sites is 1. The van der Waals surface area contributed by atoms with Gasteiger partial charge in [0.1, 0.15) is 12.4 Å². The number of allylic oxidation sites excluding steroid dienone is 1. The van der Waals surface area contributed by atoms with Gasteiger partial charge < -0.3 is 9.30 Å². The van der Waals surface area contributed by atoms with Crippen molar-refractivity contribution in [1.29, 1.82) is 0 Å². The van der Waals surface area contributed by atoms with Crippen LogP contribution in [0.2, 0.25) is 0 Å². The number of hydrogen-bond donors (Lipinski definition) is 0. The number of benzene rings is 1. The largest absolute Gasteiger partial charge is 0.489 e. The van der Waals surface area contributed by atoms with Crippen LogP contribution in [0.15, 0.2) is 62.2 Å². The zero-order chi connectivity index (χ0) is 12.8. The van der Waals surface area contributed by atoms with Gasteiger partial charge >= 0.3 is 0 Å². The van der Waals surface area contributed by atoms with E-state index in [1.807, 2.05) is 35.0 Å². The molecule has 1 heterocycles. The highest BCUT2D eigenvalue weighted by Crippen LogP contribution is 2.25. The second-order valence-electron chi connectivity index (χ2n) is 3.93. The zero-order valence-corrected chi connectivity index (χ0v) is 10.2. The van der Waals surface area contributed by atoms with Crippen molar-refractivity contribution in [2.24, 2.45) is 0 Å². The second-order valence-corrected chi connectivity index (χ2v) is 3.93. The molecular weight excluding hydrogens is 224 g/mol. The van der Waals surface area contributed by atoms with Gasteiger partial charge in [-0.3, -0.25) is 0 Å². The summed E-state index contributed by atoms with van der Waals surface area (Å²) in [5.74, 6) is 0.836. The molecular formula is C15H16N2O. The molecule has 0 aliphatic rings. The first-order valence-corrected chi connectivity index (χ1v) is 5.78. The summed E-state index contributed by atoms with van der Waals surface area (Å²) >= 11 is 0. The van der Waals surface area contributed by atoms with Crippen LogP contribution in [0.5, 0.6) is 5.75 Å². The number of nitrogens with zero attached hydrogens (tertiary/aromatic N) is 2. The lowest BCUT2D eigenvalue weighted by atomic mass is 10.1. The molecule has 1 aromatic heterocycles. The van der Waals surface area contributed by atoms with Crippen molar-refractivity contribution >= 4 is 5.57 Å². The molecule has 0 saturated carbocycles. The van der Waals surface area contributed by atoms with Crippen molar-refractivity contribution in [2.75, 3.05) is 6.61 Å². The summed E-state index contributed by atoms with van der Waals surface area (Å²) < 4.78 is 7.60. The molecule has 18 heavy (non-hydrogen) atoms. The van der Waals surface area contributed by atoms with Crippen LogP contribution in [0.1, 0.15) is 5.56 Å². The minimum absolute atomic E-state index is 0.495. The fourth-order valence-corrected chi connectivity index (χ4v) is 1.72. The predicted molar refractivity (Wildman–Crippen MR) is 73.4 cm³/mol. The molecule has 92 valence electrons. The summed E-state index contributed by atoms with van der Waals surface area (Å²) in [5, 5.41) is 0. The van der Waals surface area contributed by atoms with Gasteiger partial charge in [-0.2, -0.15) is 0 Å². The van der Waals surface area contributed by atoms with E-state index in [-0.39, 0.29) is 0 Å². The van der Waals surface area contributed by atoms with Crippen LogP contribution in [0, 0.1) is 0 Å². The molecule has 0 unspecified atom stereocenters. The van der Waals surface area contributed by atoms with Crippen molar-refractivity contribution in [2.45, 2.75) is 6.54 Å². The van der Waals surface area contributed by atoms with E-state index in [0.29, 0.717) is 13.2 Å². The lowest BCUT2D eigenvalue weighted by Crippen LogP contribution is -2.01. The normalized spacial score (nSPS) is 10.0. The van der Waals surface area contributed by atoms with Gasteiger partial charge in [0.25, 0.3) is 0 Å². The first-order valence-electron chi connectivity index (χ1n) is 5.78. The summed E-state index contributed by atoms with van der Waals surface area (Å²) in [5.41, 5.74) is 2.01. The SMILES string of the molecule is C=CCOc1ccccc1C(=C)Cn1ccnc1. The van der Waals surface area contributed by atoms with Crippen LogP contribution in [-0.4, -0.2) is 16.2 Å². The van der Waals surface area contributed by atoms with Gasteiger partial charge in [-0.25, -0.2) is 4.98 Å². The molecule has 0 fully saturated rings. The molecule has 0 amide bonds. The Kier molecular flexibility index (Phi) is 3.97. The van der Waals surface area contributed by atoms with E-state index in [2.05, 4.69) is 18.1 Å².